The highest BCUT2D eigenvalue weighted by Crippen LogP contribution is 1.83. The molecule has 0 spiro atoms. The lowest BCUT2D eigenvalue weighted by atomic mass is 10.6. The maximum atomic E-state index is 11.3. The van der Waals surface area contributed by atoms with Crippen molar-refractivity contribution in [2.75, 3.05) is 13.6 Å². The van der Waals surface area contributed by atoms with E-state index in [4.69, 9.17) is 0 Å². The van der Waals surface area contributed by atoms with Crippen LogP contribution < -0.4 is 5.69 Å². The van der Waals surface area contributed by atoms with Gasteiger partial charge in [0.15, 0.2) is 0 Å². The van der Waals surface area contributed by atoms with Crippen molar-refractivity contribution in [1.82, 2.24) is 19.2 Å². The Bertz CT molecular complexity index is 301. The third-order valence-electron chi connectivity index (χ3n) is 1.80. The predicted octanol–water partition coefficient (Wildman–Crippen LogP) is -0.509. The van der Waals surface area contributed by atoms with Crippen molar-refractivity contribution in [2.45, 2.75) is 13.6 Å². The Morgan fingerprint density at radius 3 is 2.75 bits per heavy atom. The van der Waals surface area contributed by atoms with E-state index in [0.29, 0.717) is 6.67 Å². The molecular formula is C7H14N4O. The lowest BCUT2D eigenvalue weighted by molar-refractivity contribution is 0.261. The van der Waals surface area contributed by atoms with Gasteiger partial charge in [0, 0.05) is 7.05 Å². The molecule has 0 saturated carbocycles. The predicted molar refractivity (Wildman–Crippen MR) is 45.8 cm³/mol. The second kappa shape index (κ2) is 3.53. The summed E-state index contributed by atoms with van der Waals surface area (Å²) in [4.78, 5) is 13.3. The maximum Gasteiger partial charge on any atom is 0.346 e. The van der Waals surface area contributed by atoms with E-state index in [2.05, 4.69) is 5.10 Å². The maximum absolute atomic E-state index is 11.3. The normalized spacial score (nSPS) is 11.0. The van der Waals surface area contributed by atoms with Crippen LogP contribution in [0.5, 0.6) is 0 Å². The average Bonchev–Trinajstić information content (AvgIpc) is 2.36. The Morgan fingerprint density at radius 1 is 1.67 bits per heavy atom. The molecule has 0 aliphatic heterocycles. The van der Waals surface area contributed by atoms with Crippen molar-refractivity contribution >= 4 is 0 Å². The molecule has 0 aromatic carbocycles. The minimum Gasteiger partial charge on any atom is -0.288 e. The highest BCUT2D eigenvalue weighted by Gasteiger charge is 2.02. The molecule has 0 unspecified atom stereocenters. The Balaban J connectivity index is 2.76. The standard InChI is InChI=1S/C7H14N4O/c1-4-9(2)6-11-7(12)10(3)5-8-11/h5H,4,6H2,1-3H3. The van der Waals surface area contributed by atoms with Crippen LogP contribution in [0.3, 0.4) is 0 Å². The number of hydrogen-bond donors (Lipinski definition) is 0. The number of aromatic nitrogens is 3. The van der Waals surface area contributed by atoms with Crippen LogP contribution in [0, 0.1) is 0 Å². The van der Waals surface area contributed by atoms with Crippen molar-refractivity contribution in [3.8, 4) is 0 Å². The molecule has 0 N–H and O–H groups in total. The highest BCUT2D eigenvalue weighted by atomic mass is 16.2. The average molecular weight is 170 g/mol. The van der Waals surface area contributed by atoms with E-state index in [-0.39, 0.29) is 5.69 Å². The van der Waals surface area contributed by atoms with Gasteiger partial charge in [-0.3, -0.25) is 9.47 Å². The Morgan fingerprint density at radius 2 is 2.33 bits per heavy atom. The molecule has 1 aromatic heterocycles. The minimum atomic E-state index is -0.0738. The fraction of sp³-hybridized carbons (Fsp3) is 0.714. The van der Waals surface area contributed by atoms with Crippen LogP contribution in [0.25, 0.3) is 0 Å². The van der Waals surface area contributed by atoms with Crippen LogP contribution in [0.4, 0.5) is 0 Å². The molecular weight excluding hydrogens is 156 g/mol. The van der Waals surface area contributed by atoms with Crippen molar-refractivity contribution in [3.63, 3.8) is 0 Å². The number of aryl methyl sites for hydroxylation is 1. The molecule has 0 amide bonds. The van der Waals surface area contributed by atoms with Gasteiger partial charge in [0.05, 0.1) is 6.67 Å². The van der Waals surface area contributed by atoms with E-state index in [0.717, 1.165) is 6.54 Å². The summed E-state index contributed by atoms with van der Waals surface area (Å²) in [6.07, 6.45) is 1.52. The third-order valence-corrected chi connectivity index (χ3v) is 1.80. The van der Waals surface area contributed by atoms with Gasteiger partial charge >= 0.3 is 5.69 Å². The first-order chi connectivity index (χ1) is 5.65. The first-order valence-electron chi connectivity index (χ1n) is 3.92. The van der Waals surface area contributed by atoms with Crippen molar-refractivity contribution in [1.29, 1.82) is 0 Å². The molecule has 0 bridgehead atoms. The molecule has 1 aromatic rings. The Kier molecular flexibility index (Phi) is 2.65. The summed E-state index contributed by atoms with van der Waals surface area (Å²) in [5.41, 5.74) is -0.0738. The zero-order valence-electron chi connectivity index (χ0n) is 7.69. The number of rotatable bonds is 3. The molecule has 68 valence electrons. The van der Waals surface area contributed by atoms with Gasteiger partial charge < -0.3 is 0 Å². The fourth-order valence-corrected chi connectivity index (χ4v) is 0.846. The monoisotopic (exact) mass is 170 g/mol. The van der Waals surface area contributed by atoms with Crippen LogP contribution in [0.1, 0.15) is 6.92 Å². The zero-order chi connectivity index (χ0) is 9.14. The van der Waals surface area contributed by atoms with Crippen LogP contribution in [0.15, 0.2) is 11.1 Å². The summed E-state index contributed by atoms with van der Waals surface area (Å²) in [6.45, 7) is 3.49. The van der Waals surface area contributed by atoms with Gasteiger partial charge in [-0.15, -0.1) is 0 Å². The summed E-state index contributed by atoms with van der Waals surface area (Å²) in [5, 5.41) is 3.93. The summed E-state index contributed by atoms with van der Waals surface area (Å²) in [5.74, 6) is 0. The zero-order valence-corrected chi connectivity index (χ0v) is 7.69. The third kappa shape index (κ3) is 1.73. The second-order valence-corrected chi connectivity index (χ2v) is 2.84. The van der Waals surface area contributed by atoms with Gasteiger partial charge in [0.2, 0.25) is 0 Å². The van der Waals surface area contributed by atoms with E-state index in [9.17, 15) is 4.79 Å². The Hall–Kier alpha value is -1.10. The summed E-state index contributed by atoms with van der Waals surface area (Å²) in [6, 6.07) is 0. The highest BCUT2D eigenvalue weighted by molar-refractivity contribution is 4.64. The molecule has 1 heterocycles. The van der Waals surface area contributed by atoms with Crippen molar-refractivity contribution in [2.24, 2.45) is 7.05 Å². The van der Waals surface area contributed by atoms with E-state index in [1.807, 2.05) is 18.9 Å². The summed E-state index contributed by atoms with van der Waals surface area (Å²) in [7, 11) is 3.64. The minimum absolute atomic E-state index is 0.0738. The van der Waals surface area contributed by atoms with E-state index in [1.54, 1.807) is 7.05 Å². The Labute approximate surface area is 71.2 Å². The molecule has 0 aliphatic rings. The van der Waals surface area contributed by atoms with Gasteiger partial charge in [0.25, 0.3) is 0 Å². The molecule has 12 heavy (non-hydrogen) atoms. The molecule has 0 fully saturated rings. The number of nitrogens with zero attached hydrogens (tertiary/aromatic N) is 4. The molecule has 5 heteroatoms. The van der Waals surface area contributed by atoms with Crippen LogP contribution in [-0.4, -0.2) is 32.8 Å². The molecule has 0 aliphatic carbocycles. The molecule has 0 atom stereocenters. The lowest BCUT2D eigenvalue weighted by Gasteiger charge is -2.11. The van der Waals surface area contributed by atoms with Crippen LogP contribution in [0.2, 0.25) is 0 Å². The van der Waals surface area contributed by atoms with Crippen LogP contribution in [-0.2, 0) is 13.7 Å². The second-order valence-electron chi connectivity index (χ2n) is 2.84. The smallest absolute Gasteiger partial charge is 0.288 e. The summed E-state index contributed by atoms with van der Waals surface area (Å²) >= 11 is 0. The quantitative estimate of drug-likeness (QED) is 0.613. The van der Waals surface area contributed by atoms with Gasteiger partial charge in [0.1, 0.15) is 6.33 Å². The molecule has 1 rings (SSSR count). The largest absolute Gasteiger partial charge is 0.346 e. The number of hydrogen-bond acceptors (Lipinski definition) is 3. The first-order valence-corrected chi connectivity index (χ1v) is 3.92. The SMILES string of the molecule is CCN(C)Cn1ncn(C)c1=O. The van der Waals surface area contributed by atoms with E-state index < -0.39 is 0 Å². The summed E-state index contributed by atoms with van der Waals surface area (Å²) < 4.78 is 2.90. The molecule has 5 nitrogen and oxygen atoms in total. The van der Waals surface area contributed by atoms with E-state index >= 15 is 0 Å². The lowest BCUT2D eigenvalue weighted by Crippen LogP contribution is -2.31. The van der Waals surface area contributed by atoms with Gasteiger partial charge in [-0.05, 0) is 13.6 Å². The van der Waals surface area contributed by atoms with Gasteiger partial charge in [-0.25, -0.2) is 4.79 Å². The molecule has 0 saturated heterocycles. The van der Waals surface area contributed by atoms with Gasteiger partial charge in [-0.1, -0.05) is 6.92 Å². The fourth-order valence-electron chi connectivity index (χ4n) is 0.846. The van der Waals surface area contributed by atoms with Crippen LogP contribution >= 0.6 is 0 Å². The van der Waals surface area contributed by atoms with Crippen molar-refractivity contribution in [3.05, 3.63) is 16.8 Å². The topological polar surface area (TPSA) is 43.1 Å². The van der Waals surface area contributed by atoms with Crippen molar-refractivity contribution < 1.29 is 0 Å². The van der Waals surface area contributed by atoms with E-state index in [1.165, 1.54) is 15.6 Å². The van der Waals surface area contributed by atoms with Gasteiger partial charge in [-0.2, -0.15) is 9.78 Å². The molecule has 0 radical (unpaired) electrons. The first kappa shape index (κ1) is 8.99.